The van der Waals surface area contributed by atoms with Gasteiger partial charge in [0.1, 0.15) is 6.61 Å². The van der Waals surface area contributed by atoms with Gasteiger partial charge in [0.05, 0.1) is 12.2 Å². The number of aliphatic hydroxyl groups is 3. The normalized spacial score (nSPS) is 53.4. The van der Waals surface area contributed by atoms with Gasteiger partial charge < -0.3 is 20.1 Å². The second-order valence-electron chi connectivity index (χ2n) is 9.63. The van der Waals surface area contributed by atoms with Gasteiger partial charge in [-0.15, -0.1) is 0 Å². The van der Waals surface area contributed by atoms with E-state index in [9.17, 15) is 24.9 Å². The SMILES string of the molecule is C[C@]12CCC(=O)C=C1[C@@H](O)C[C@@H]1[C@@H]2[C@@H]2C[C@]3(C(O)O2)[C@@H](C(=O)CO)CC[C@@H]13. The van der Waals surface area contributed by atoms with Crippen LogP contribution in [-0.4, -0.2) is 52.0 Å². The molecule has 2 bridgehead atoms. The number of rotatable bonds is 2. The van der Waals surface area contributed by atoms with Crippen LogP contribution in [0.5, 0.6) is 0 Å². The molecule has 6 nitrogen and oxygen atoms in total. The van der Waals surface area contributed by atoms with Crippen molar-refractivity contribution in [1.82, 2.24) is 0 Å². The van der Waals surface area contributed by atoms with Gasteiger partial charge in [0.2, 0.25) is 0 Å². The van der Waals surface area contributed by atoms with Crippen molar-refractivity contribution in [2.24, 2.45) is 34.5 Å². The summed E-state index contributed by atoms with van der Waals surface area (Å²) < 4.78 is 6.09. The smallest absolute Gasteiger partial charge is 0.162 e. The molecule has 0 aromatic heterocycles. The van der Waals surface area contributed by atoms with E-state index in [4.69, 9.17) is 4.74 Å². The van der Waals surface area contributed by atoms with E-state index in [-0.39, 0.29) is 46.8 Å². The van der Waals surface area contributed by atoms with Gasteiger partial charge in [-0.2, -0.15) is 0 Å². The van der Waals surface area contributed by atoms with Crippen LogP contribution >= 0.6 is 0 Å². The Morgan fingerprint density at radius 2 is 2.11 bits per heavy atom. The first kappa shape index (κ1) is 18.0. The molecule has 1 spiro atoms. The summed E-state index contributed by atoms with van der Waals surface area (Å²) in [5.41, 5.74) is -0.109. The molecule has 3 N–H and O–H groups in total. The van der Waals surface area contributed by atoms with E-state index in [0.29, 0.717) is 32.1 Å². The van der Waals surface area contributed by atoms with Crippen LogP contribution in [0.15, 0.2) is 11.6 Å². The van der Waals surface area contributed by atoms with Gasteiger partial charge in [-0.05, 0) is 66.9 Å². The Morgan fingerprint density at radius 3 is 2.85 bits per heavy atom. The lowest BCUT2D eigenvalue weighted by Gasteiger charge is -2.58. The molecule has 27 heavy (non-hydrogen) atoms. The number of carbonyl (C=O) groups is 2. The third kappa shape index (κ3) is 2.10. The summed E-state index contributed by atoms with van der Waals surface area (Å²) in [4.78, 5) is 24.4. The molecule has 6 heteroatoms. The van der Waals surface area contributed by atoms with Gasteiger partial charge in [-0.3, -0.25) is 9.59 Å². The van der Waals surface area contributed by atoms with Gasteiger partial charge >= 0.3 is 0 Å². The second kappa shape index (κ2) is 5.72. The number of ether oxygens (including phenoxy) is 1. The molecular weight excluding hydrogens is 348 g/mol. The van der Waals surface area contributed by atoms with Crippen LogP contribution in [0.4, 0.5) is 0 Å². The van der Waals surface area contributed by atoms with Crippen LogP contribution in [0.25, 0.3) is 0 Å². The average Bonchev–Trinajstić information content (AvgIpc) is 3.15. The zero-order chi connectivity index (χ0) is 19.1. The van der Waals surface area contributed by atoms with Gasteiger partial charge in [-0.1, -0.05) is 6.92 Å². The molecule has 1 heterocycles. The summed E-state index contributed by atoms with van der Waals surface area (Å²) in [5.74, 6) is -0.107. The van der Waals surface area contributed by atoms with Crippen LogP contribution in [0.3, 0.4) is 0 Å². The van der Waals surface area contributed by atoms with E-state index in [1.807, 2.05) is 0 Å². The van der Waals surface area contributed by atoms with Crippen LogP contribution in [-0.2, 0) is 14.3 Å². The second-order valence-corrected chi connectivity index (χ2v) is 9.63. The fraction of sp³-hybridized carbons (Fsp3) is 0.810. The monoisotopic (exact) mass is 376 g/mol. The maximum atomic E-state index is 12.4. The summed E-state index contributed by atoms with van der Waals surface area (Å²) in [7, 11) is 0. The molecule has 5 rings (SSSR count). The molecule has 0 amide bonds. The van der Waals surface area contributed by atoms with Crippen molar-refractivity contribution in [3.63, 3.8) is 0 Å². The Hall–Kier alpha value is -1.08. The van der Waals surface area contributed by atoms with E-state index < -0.39 is 24.4 Å². The number of hydrogen-bond acceptors (Lipinski definition) is 6. The van der Waals surface area contributed by atoms with Crippen molar-refractivity contribution >= 4 is 11.6 Å². The molecule has 4 fully saturated rings. The highest BCUT2D eigenvalue weighted by atomic mass is 16.6. The third-order valence-electron chi connectivity index (χ3n) is 8.80. The van der Waals surface area contributed by atoms with E-state index in [1.165, 1.54) is 0 Å². The lowest BCUT2D eigenvalue weighted by Crippen LogP contribution is -2.58. The first-order valence-corrected chi connectivity index (χ1v) is 10.2. The Bertz CT molecular complexity index is 730. The largest absolute Gasteiger partial charge is 0.389 e. The van der Waals surface area contributed by atoms with Crippen LogP contribution in [0.1, 0.15) is 45.4 Å². The Morgan fingerprint density at radius 1 is 1.33 bits per heavy atom. The quantitative estimate of drug-likeness (QED) is 0.664. The molecule has 1 aliphatic heterocycles. The summed E-state index contributed by atoms with van der Waals surface area (Å²) >= 11 is 0. The molecular formula is C21H28O6. The van der Waals surface area contributed by atoms with Crippen molar-refractivity contribution in [1.29, 1.82) is 0 Å². The van der Waals surface area contributed by atoms with Gasteiger partial charge in [0.15, 0.2) is 17.9 Å². The predicted molar refractivity (Wildman–Crippen MR) is 94.3 cm³/mol. The first-order valence-electron chi connectivity index (χ1n) is 10.2. The minimum atomic E-state index is -1.00. The average molecular weight is 376 g/mol. The molecule has 148 valence electrons. The minimum Gasteiger partial charge on any atom is -0.389 e. The van der Waals surface area contributed by atoms with Gasteiger partial charge in [-0.25, -0.2) is 0 Å². The molecule has 1 saturated heterocycles. The number of carbonyl (C=O) groups excluding carboxylic acids is 2. The fourth-order valence-corrected chi connectivity index (χ4v) is 7.85. The summed E-state index contributed by atoms with van der Waals surface area (Å²) in [6, 6.07) is 0. The lowest BCUT2D eigenvalue weighted by atomic mass is 9.46. The molecule has 5 aliphatic rings. The molecule has 4 aliphatic carbocycles. The number of ketones is 2. The Kier molecular flexibility index (Phi) is 3.81. The van der Waals surface area contributed by atoms with Crippen molar-refractivity contribution in [2.75, 3.05) is 6.61 Å². The minimum absolute atomic E-state index is 0.0759. The standard InChI is InChI=1S/C21H28O6/c1-20-5-4-10(23)6-14(20)15(24)7-11-12-2-3-13(16(25)9-22)21(12)8-17(18(11)20)27-19(21)26/h6,11-13,15,17-19,22,24,26H,2-5,7-9H2,1H3/t11-,12-,13+,15-,17-,18+,19?,20-,21+/m0/s1. The van der Waals surface area contributed by atoms with E-state index in [0.717, 1.165) is 12.0 Å². The zero-order valence-corrected chi connectivity index (χ0v) is 15.6. The van der Waals surface area contributed by atoms with E-state index >= 15 is 0 Å². The third-order valence-corrected chi connectivity index (χ3v) is 8.80. The van der Waals surface area contributed by atoms with Crippen molar-refractivity contribution in [2.45, 2.75) is 63.9 Å². The van der Waals surface area contributed by atoms with Crippen LogP contribution in [0, 0.1) is 34.5 Å². The Labute approximate surface area is 158 Å². The number of hydrogen-bond donors (Lipinski definition) is 3. The highest BCUT2D eigenvalue weighted by Crippen LogP contribution is 2.71. The molecule has 0 aromatic carbocycles. The highest BCUT2D eigenvalue weighted by molar-refractivity contribution is 5.92. The highest BCUT2D eigenvalue weighted by Gasteiger charge is 2.72. The summed E-state index contributed by atoms with van der Waals surface area (Å²) in [6.45, 7) is 1.64. The lowest BCUT2D eigenvalue weighted by molar-refractivity contribution is -0.160. The summed E-state index contributed by atoms with van der Waals surface area (Å²) in [6.07, 6.45) is 3.64. The van der Waals surface area contributed by atoms with Crippen molar-refractivity contribution in [3.8, 4) is 0 Å². The maximum absolute atomic E-state index is 12.4. The van der Waals surface area contributed by atoms with E-state index in [2.05, 4.69) is 6.92 Å². The number of fused-ring (bicyclic) bond motifs is 6. The van der Waals surface area contributed by atoms with Gasteiger partial charge in [0, 0.05) is 17.8 Å². The molecule has 3 saturated carbocycles. The topological polar surface area (TPSA) is 104 Å². The molecule has 9 atom stereocenters. The summed E-state index contributed by atoms with van der Waals surface area (Å²) in [5, 5.41) is 31.3. The first-order chi connectivity index (χ1) is 12.8. The van der Waals surface area contributed by atoms with E-state index in [1.54, 1.807) is 6.08 Å². The van der Waals surface area contributed by atoms with Crippen molar-refractivity contribution < 1.29 is 29.6 Å². The Balaban J connectivity index is 1.60. The fourth-order valence-electron chi connectivity index (χ4n) is 7.85. The zero-order valence-electron chi connectivity index (χ0n) is 15.6. The molecule has 1 unspecified atom stereocenters. The van der Waals surface area contributed by atoms with Crippen molar-refractivity contribution in [3.05, 3.63) is 11.6 Å². The molecule has 0 aromatic rings. The number of aliphatic hydroxyl groups excluding tert-OH is 3. The van der Waals surface area contributed by atoms with Gasteiger partial charge in [0.25, 0.3) is 0 Å². The maximum Gasteiger partial charge on any atom is 0.162 e. The van der Waals surface area contributed by atoms with Crippen LogP contribution < -0.4 is 0 Å². The van der Waals surface area contributed by atoms with Crippen LogP contribution in [0.2, 0.25) is 0 Å². The predicted octanol–water partition coefficient (Wildman–Crippen LogP) is 0.974. The molecule has 0 radical (unpaired) electrons. The number of Topliss-reactive ketones (excluding diaryl/α,β-unsaturated/α-hetero) is 1.